The van der Waals surface area contributed by atoms with Crippen LogP contribution in [0.5, 0.6) is 0 Å². The Labute approximate surface area is 124 Å². The number of hydrogen-bond donors (Lipinski definition) is 1. The van der Waals surface area contributed by atoms with Gasteiger partial charge in [-0.1, -0.05) is 19.4 Å². The van der Waals surface area contributed by atoms with E-state index in [0.29, 0.717) is 18.2 Å². The molecule has 1 fully saturated rings. The fourth-order valence-electron chi connectivity index (χ4n) is 3.29. The second-order valence-corrected chi connectivity index (χ2v) is 5.67. The van der Waals surface area contributed by atoms with Crippen LogP contribution in [0, 0.1) is 0 Å². The minimum absolute atomic E-state index is 0.182. The molecule has 0 bridgehead atoms. The Morgan fingerprint density at radius 3 is 3.05 bits per heavy atom. The lowest BCUT2D eigenvalue weighted by Crippen LogP contribution is -2.39. The van der Waals surface area contributed by atoms with Crippen LogP contribution in [0.1, 0.15) is 48.8 Å². The Kier molecular flexibility index (Phi) is 3.92. The quantitative estimate of drug-likeness (QED) is 0.939. The number of aromatic nitrogens is 2. The van der Waals surface area contributed by atoms with E-state index >= 15 is 0 Å². The maximum absolute atomic E-state index is 11.5. The molecule has 0 amide bonds. The number of imidazole rings is 1. The lowest BCUT2D eigenvalue weighted by atomic mass is 10.00. The molecular formula is C16H21N3O2. The fourth-order valence-corrected chi connectivity index (χ4v) is 3.29. The molecule has 1 N–H and O–H groups in total. The molecule has 0 radical (unpaired) electrons. The van der Waals surface area contributed by atoms with E-state index in [1.54, 1.807) is 0 Å². The zero-order valence-electron chi connectivity index (χ0n) is 12.3. The Morgan fingerprint density at radius 1 is 1.43 bits per heavy atom. The van der Waals surface area contributed by atoms with Gasteiger partial charge in [0.1, 0.15) is 5.65 Å². The number of nitrogens with zero attached hydrogens (tertiary/aromatic N) is 3. The van der Waals surface area contributed by atoms with E-state index in [4.69, 9.17) is 0 Å². The number of likely N-dealkylation sites (tertiary alicyclic amines) is 1. The van der Waals surface area contributed by atoms with Crippen LogP contribution in [0.4, 0.5) is 0 Å². The second kappa shape index (κ2) is 5.85. The van der Waals surface area contributed by atoms with Crippen molar-refractivity contribution in [2.75, 3.05) is 6.54 Å². The molecule has 21 heavy (non-hydrogen) atoms. The summed E-state index contributed by atoms with van der Waals surface area (Å²) in [5, 5.41) is 9.42. The highest BCUT2D eigenvalue weighted by molar-refractivity contribution is 5.87. The molecule has 2 aromatic heterocycles. The van der Waals surface area contributed by atoms with Crippen molar-refractivity contribution in [2.45, 2.75) is 45.2 Å². The van der Waals surface area contributed by atoms with Gasteiger partial charge in [-0.15, -0.1) is 0 Å². The van der Waals surface area contributed by atoms with Crippen molar-refractivity contribution >= 4 is 11.6 Å². The Morgan fingerprint density at radius 2 is 2.29 bits per heavy atom. The first-order valence-electron chi connectivity index (χ1n) is 7.64. The zero-order chi connectivity index (χ0) is 14.8. The molecule has 5 nitrogen and oxygen atoms in total. The number of aromatic carboxylic acids is 1. The molecule has 0 spiro atoms. The van der Waals surface area contributed by atoms with Crippen LogP contribution in [0.3, 0.4) is 0 Å². The number of rotatable bonds is 4. The van der Waals surface area contributed by atoms with Gasteiger partial charge in [-0.2, -0.15) is 0 Å². The summed E-state index contributed by atoms with van der Waals surface area (Å²) >= 11 is 0. The molecule has 1 unspecified atom stereocenters. The van der Waals surface area contributed by atoms with Crippen LogP contribution in [-0.4, -0.2) is 37.9 Å². The number of piperidine rings is 1. The summed E-state index contributed by atoms with van der Waals surface area (Å²) in [6, 6.07) is 6.20. The van der Waals surface area contributed by atoms with Crippen LogP contribution in [-0.2, 0) is 6.54 Å². The largest absolute Gasteiger partial charge is 0.476 e. The lowest BCUT2D eigenvalue weighted by molar-refractivity contribution is 0.0685. The maximum atomic E-state index is 11.5. The Hall–Kier alpha value is -1.88. The summed E-state index contributed by atoms with van der Waals surface area (Å²) in [5.41, 5.74) is 1.68. The summed E-state index contributed by atoms with van der Waals surface area (Å²) in [6.45, 7) is 3.90. The van der Waals surface area contributed by atoms with E-state index in [2.05, 4.69) is 16.8 Å². The van der Waals surface area contributed by atoms with Gasteiger partial charge in [0.25, 0.3) is 0 Å². The number of hydrogen-bond acceptors (Lipinski definition) is 3. The van der Waals surface area contributed by atoms with Crippen molar-refractivity contribution in [3.05, 3.63) is 35.8 Å². The minimum atomic E-state index is -0.946. The molecule has 0 aromatic carbocycles. The third-order valence-corrected chi connectivity index (χ3v) is 4.40. The van der Waals surface area contributed by atoms with Crippen molar-refractivity contribution in [3.8, 4) is 0 Å². The summed E-state index contributed by atoms with van der Waals surface area (Å²) in [5.74, 6) is -0.946. The van der Waals surface area contributed by atoms with Gasteiger partial charge in [0.05, 0.1) is 5.69 Å². The van der Waals surface area contributed by atoms with Gasteiger partial charge in [-0.25, -0.2) is 9.78 Å². The highest BCUT2D eigenvalue weighted by Gasteiger charge is 2.25. The van der Waals surface area contributed by atoms with Gasteiger partial charge in [-0.05, 0) is 37.9 Å². The first-order chi connectivity index (χ1) is 10.2. The highest BCUT2D eigenvalue weighted by Crippen LogP contribution is 2.23. The molecule has 1 aliphatic rings. The molecule has 1 saturated heterocycles. The van der Waals surface area contributed by atoms with Crippen molar-refractivity contribution in [3.63, 3.8) is 0 Å². The summed E-state index contributed by atoms with van der Waals surface area (Å²) in [6.07, 6.45) is 6.67. The Balaban J connectivity index is 1.98. The van der Waals surface area contributed by atoms with Crippen LogP contribution in [0.15, 0.2) is 24.4 Å². The molecule has 0 saturated carbocycles. The van der Waals surface area contributed by atoms with Crippen LogP contribution >= 0.6 is 0 Å². The number of fused-ring (bicyclic) bond motifs is 1. The SMILES string of the molecule is CCC1CCCCN1Cc1c(C(=O)O)nc2ccccn12. The topological polar surface area (TPSA) is 57.8 Å². The molecule has 0 aliphatic carbocycles. The molecular weight excluding hydrogens is 266 g/mol. The summed E-state index contributed by atoms with van der Waals surface area (Å²) in [7, 11) is 0. The van der Waals surface area contributed by atoms with E-state index in [1.165, 1.54) is 19.3 Å². The Bertz CT molecular complexity index is 650. The van der Waals surface area contributed by atoms with Gasteiger partial charge < -0.3 is 9.51 Å². The first-order valence-corrected chi connectivity index (χ1v) is 7.64. The van der Waals surface area contributed by atoms with Crippen molar-refractivity contribution in [1.29, 1.82) is 0 Å². The van der Waals surface area contributed by atoms with Crippen molar-refractivity contribution in [1.82, 2.24) is 14.3 Å². The molecule has 1 atom stereocenters. The molecule has 3 rings (SSSR count). The number of carboxylic acids is 1. The average molecular weight is 287 g/mol. The van der Waals surface area contributed by atoms with Gasteiger partial charge in [0.15, 0.2) is 5.69 Å². The second-order valence-electron chi connectivity index (χ2n) is 5.67. The predicted octanol–water partition coefficient (Wildman–Crippen LogP) is 2.80. The third-order valence-electron chi connectivity index (χ3n) is 4.40. The minimum Gasteiger partial charge on any atom is -0.476 e. The van der Waals surface area contributed by atoms with Crippen molar-refractivity contribution in [2.24, 2.45) is 0 Å². The van der Waals surface area contributed by atoms with Crippen LogP contribution in [0.25, 0.3) is 5.65 Å². The van der Waals surface area contributed by atoms with Gasteiger partial charge in [0.2, 0.25) is 0 Å². The normalized spacial score (nSPS) is 20.0. The van der Waals surface area contributed by atoms with E-state index < -0.39 is 5.97 Å². The number of carboxylic acid groups (broad SMARTS) is 1. The third kappa shape index (κ3) is 2.65. The summed E-state index contributed by atoms with van der Waals surface area (Å²) in [4.78, 5) is 18.2. The molecule has 112 valence electrons. The fraction of sp³-hybridized carbons (Fsp3) is 0.500. The highest BCUT2D eigenvalue weighted by atomic mass is 16.4. The number of pyridine rings is 1. The van der Waals surface area contributed by atoms with Crippen LogP contribution in [0.2, 0.25) is 0 Å². The molecule has 2 aromatic rings. The lowest BCUT2D eigenvalue weighted by Gasteiger charge is -2.35. The van der Waals surface area contributed by atoms with E-state index in [0.717, 1.165) is 18.7 Å². The predicted molar refractivity (Wildman–Crippen MR) is 80.5 cm³/mol. The standard InChI is InChI=1S/C16H21N3O2/c1-2-12-7-3-5-9-18(12)11-13-15(16(20)21)17-14-8-4-6-10-19(13)14/h4,6,8,10,12H,2-3,5,7,9,11H2,1H3,(H,20,21). The molecule has 3 heterocycles. The monoisotopic (exact) mass is 287 g/mol. The average Bonchev–Trinajstić information content (AvgIpc) is 2.87. The van der Waals surface area contributed by atoms with E-state index in [1.807, 2.05) is 28.8 Å². The number of carbonyl (C=O) groups is 1. The zero-order valence-corrected chi connectivity index (χ0v) is 12.3. The van der Waals surface area contributed by atoms with E-state index in [9.17, 15) is 9.90 Å². The van der Waals surface area contributed by atoms with Crippen LogP contribution < -0.4 is 0 Å². The summed E-state index contributed by atoms with van der Waals surface area (Å²) < 4.78 is 1.91. The van der Waals surface area contributed by atoms with Gasteiger partial charge >= 0.3 is 5.97 Å². The molecule has 5 heteroatoms. The molecule has 1 aliphatic heterocycles. The first kappa shape index (κ1) is 14.1. The van der Waals surface area contributed by atoms with Gasteiger partial charge in [-0.3, -0.25) is 4.90 Å². The maximum Gasteiger partial charge on any atom is 0.356 e. The van der Waals surface area contributed by atoms with E-state index in [-0.39, 0.29) is 5.69 Å². The smallest absolute Gasteiger partial charge is 0.356 e. The van der Waals surface area contributed by atoms with Gasteiger partial charge in [0, 0.05) is 18.8 Å². The van der Waals surface area contributed by atoms with Crippen molar-refractivity contribution < 1.29 is 9.90 Å².